The minimum atomic E-state index is -0.167. The molecule has 0 radical (unpaired) electrons. The van der Waals surface area contributed by atoms with Crippen molar-refractivity contribution in [1.82, 2.24) is 0 Å². The Balaban J connectivity index is -0.00000000450. The predicted molar refractivity (Wildman–Crippen MR) is 23.8 cm³/mol. The van der Waals surface area contributed by atoms with Gasteiger partial charge in [-0.15, -0.1) is 0 Å². The Hall–Kier alpha value is 2.71. The summed E-state index contributed by atoms with van der Waals surface area (Å²) in [6.45, 7) is 3.44. The second-order valence-electron chi connectivity index (χ2n) is 1.09. The van der Waals surface area contributed by atoms with Gasteiger partial charge in [0, 0.05) is 90.4 Å². The fraction of sp³-hybridized carbons (Fsp3) is 0.750. The smallest absolute Gasteiger partial charge is 0.0483 e. The van der Waals surface area contributed by atoms with Crippen molar-refractivity contribution in [3.05, 3.63) is 7.43 Å². The van der Waals surface area contributed by atoms with E-state index >= 15 is 0 Å². The van der Waals surface area contributed by atoms with Gasteiger partial charge in [0.1, 0.15) is 0 Å². The van der Waals surface area contributed by atoms with Crippen LogP contribution < -0.4 is 0 Å². The van der Waals surface area contributed by atoms with Crippen LogP contribution in [0.4, 0.5) is 0 Å². The fourth-order valence-corrected chi connectivity index (χ4v) is 0. The average molecular weight is 810 g/mol. The molecule has 0 aliphatic heterocycles. The van der Waals surface area contributed by atoms with Crippen molar-refractivity contribution in [1.29, 1.82) is 0 Å². The third-order valence-corrected chi connectivity index (χ3v) is 0. The Bertz CT molecular complexity index is 17.3. The zero-order valence-corrected chi connectivity index (χ0v) is 17.4. The molecule has 0 aromatic heterocycles. The summed E-state index contributed by atoms with van der Waals surface area (Å²) in [5, 5.41) is 8.06. The molecule has 0 saturated heterocycles. The molecule has 0 saturated carbocycles. The van der Waals surface area contributed by atoms with Crippen LogP contribution >= 0.6 is 0 Å². The first-order valence-corrected chi connectivity index (χ1v) is 1.41. The van der Waals surface area contributed by atoms with Gasteiger partial charge in [0.25, 0.3) is 0 Å². The molecule has 5 heteroatoms. The molecule has 1 N–H and O–H groups in total. The molecule has 0 aromatic rings. The van der Waals surface area contributed by atoms with E-state index in [0.717, 1.165) is 0 Å². The normalized spacial score (nSPS) is 4.00. The van der Waals surface area contributed by atoms with E-state index in [4.69, 9.17) is 5.11 Å². The van der Waals surface area contributed by atoms with Gasteiger partial charge < -0.3 is 12.5 Å². The molecule has 0 aliphatic carbocycles. The van der Waals surface area contributed by atoms with E-state index in [1.54, 1.807) is 13.8 Å². The first-order valence-electron chi connectivity index (χ1n) is 1.41. The summed E-state index contributed by atoms with van der Waals surface area (Å²) in [6.07, 6.45) is -0.167. The van der Waals surface area contributed by atoms with Crippen molar-refractivity contribution in [2.75, 3.05) is 0 Å². The maximum atomic E-state index is 8.06. The summed E-state index contributed by atoms with van der Waals surface area (Å²) in [5.41, 5.74) is 0. The van der Waals surface area contributed by atoms with Gasteiger partial charge >= 0.3 is 0 Å². The summed E-state index contributed by atoms with van der Waals surface area (Å²) in [6, 6.07) is 0. The van der Waals surface area contributed by atoms with E-state index in [2.05, 4.69) is 0 Å². The molecule has 0 aromatic carbocycles. The van der Waals surface area contributed by atoms with Gasteiger partial charge in [0.05, 0.1) is 0 Å². The molecule has 0 amide bonds. The van der Waals surface area contributed by atoms with Gasteiger partial charge in [-0.25, -0.2) is 0 Å². The molecule has 0 aliphatic rings. The van der Waals surface area contributed by atoms with Gasteiger partial charge in [-0.1, -0.05) is 0 Å². The molecule has 1 nitrogen and oxygen atoms in total. The van der Waals surface area contributed by atoms with Crippen molar-refractivity contribution in [2.24, 2.45) is 0 Å². The summed E-state index contributed by atoms with van der Waals surface area (Å²) >= 11 is 0. The Morgan fingerprint density at radius 2 is 0.889 bits per heavy atom. The van der Waals surface area contributed by atoms with Crippen LogP contribution in [-0.4, -0.2) is 11.2 Å². The van der Waals surface area contributed by atoms with Crippen LogP contribution in [0.2, 0.25) is 0 Å². The minimum absolute atomic E-state index is 0. The molecule has 0 fully saturated rings. The van der Waals surface area contributed by atoms with E-state index in [9.17, 15) is 0 Å². The summed E-state index contributed by atoms with van der Waals surface area (Å²) in [4.78, 5) is 0. The second kappa shape index (κ2) is 31.0. The van der Waals surface area contributed by atoms with Crippen molar-refractivity contribution in [2.45, 2.75) is 20.0 Å². The molecular formula is C4H11OW4-. The van der Waals surface area contributed by atoms with E-state index < -0.39 is 0 Å². The summed E-state index contributed by atoms with van der Waals surface area (Å²) in [5.74, 6) is 0. The van der Waals surface area contributed by atoms with Gasteiger partial charge in [0.2, 0.25) is 0 Å². The molecule has 0 heterocycles. The van der Waals surface area contributed by atoms with E-state index in [1.165, 1.54) is 0 Å². The zero-order valence-electron chi connectivity index (χ0n) is 5.66. The Morgan fingerprint density at radius 3 is 0.889 bits per heavy atom. The molecule has 0 rings (SSSR count). The maximum absolute atomic E-state index is 8.06. The van der Waals surface area contributed by atoms with Gasteiger partial charge in [0.15, 0.2) is 0 Å². The molecule has 58 valence electrons. The number of aliphatic hydroxyl groups is 1. The van der Waals surface area contributed by atoms with Crippen LogP contribution in [0.3, 0.4) is 0 Å². The SMILES string of the molecule is CC(C)O.[CH3-].[W].[W].[W].[W]. The molecular weight excluding hydrogens is 799 g/mol. The predicted octanol–water partition coefficient (Wildman–Crippen LogP) is 0.827. The van der Waals surface area contributed by atoms with Crippen molar-refractivity contribution < 1.29 is 89.4 Å². The number of rotatable bonds is 0. The van der Waals surface area contributed by atoms with E-state index in [-0.39, 0.29) is 97.8 Å². The maximum Gasteiger partial charge on any atom is 0.0483 e. The fourth-order valence-electron chi connectivity index (χ4n) is 0. The third-order valence-electron chi connectivity index (χ3n) is 0. The number of hydrogen-bond donors (Lipinski definition) is 1. The van der Waals surface area contributed by atoms with Crippen LogP contribution in [0, 0.1) is 7.43 Å². The van der Waals surface area contributed by atoms with Crippen LogP contribution in [0.5, 0.6) is 0 Å². The zero-order chi connectivity index (χ0) is 3.58. The van der Waals surface area contributed by atoms with E-state index in [0.29, 0.717) is 0 Å². The monoisotopic (exact) mass is 811 g/mol. The number of hydrogen-bond acceptors (Lipinski definition) is 1. The molecule has 0 unspecified atom stereocenters. The van der Waals surface area contributed by atoms with Gasteiger partial charge in [-0.3, -0.25) is 0 Å². The van der Waals surface area contributed by atoms with Crippen LogP contribution in [0.25, 0.3) is 0 Å². The largest absolute Gasteiger partial charge is 0.394 e. The van der Waals surface area contributed by atoms with Crippen LogP contribution in [0.15, 0.2) is 0 Å². The second-order valence-corrected chi connectivity index (χ2v) is 1.09. The third kappa shape index (κ3) is 110. The summed E-state index contributed by atoms with van der Waals surface area (Å²) < 4.78 is 0. The van der Waals surface area contributed by atoms with Crippen molar-refractivity contribution in [3.8, 4) is 0 Å². The van der Waals surface area contributed by atoms with Gasteiger partial charge in [-0.05, 0) is 13.8 Å². The summed E-state index contributed by atoms with van der Waals surface area (Å²) in [7, 11) is 0. The minimum Gasteiger partial charge on any atom is -0.394 e. The Morgan fingerprint density at radius 1 is 0.889 bits per heavy atom. The quantitative estimate of drug-likeness (QED) is 0.360. The first-order chi connectivity index (χ1) is 1.73. The molecule has 0 bridgehead atoms. The van der Waals surface area contributed by atoms with Gasteiger partial charge in [-0.2, -0.15) is 0 Å². The molecule has 9 heavy (non-hydrogen) atoms. The number of aliphatic hydroxyl groups excluding tert-OH is 1. The Kier molecular flexibility index (Phi) is 142. The van der Waals surface area contributed by atoms with Crippen LogP contribution in [0.1, 0.15) is 13.8 Å². The first kappa shape index (κ1) is 41.2. The molecule has 0 spiro atoms. The van der Waals surface area contributed by atoms with Crippen molar-refractivity contribution >= 4 is 0 Å². The Labute approximate surface area is 115 Å². The van der Waals surface area contributed by atoms with Crippen LogP contribution in [-0.2, 0) is 84.3 Å². The van der Waals surface area contributed by atoms with Crippen molar-refractivity contribution in [3.63, 3.8) is 0 Å². The van der Waals surface area contributed by atoms with E-state index in [1.807, 2.05) is 0 Å². The average Bonchev–Trinajstić information content (AvgIpc) is 0.811. The standard InChI is InChI=1S/C3H8O.CH3.4W/c1-3(2)4;;;;;/h3-4H,1-2H3;1H3;;;;/q;-1;;;;. The topological polar surface area (TPSA) is 20.2 Å². The molecule has 0 atom stereocenters.